The fraction of sp³-hybridized carbons (Fsp3) is 0.143. The third kappa shape index (κ3) is 3.53. The van der Waals surface area contributed by atoms with Crippen LogP contribution in [0.4, 0.5) is 5.69 Å². The Bertz CT molecular complexity index is 712. The van der Waals surface area contributed by atoms with Crippen LogP contribution in [-0.4, -0.2) is 36.1 Å². The first-order chi connectivity index (χ1) is 10.1. The molecule has 7 heteroatoms. The maximum Gasteiger partial charge on any atom is 0.354 e. The summed E-state index contributed by atoms with van der Waals surface area (Å²) in [5.41, 5.74) is 1.34. The number of rotatable bonds is 4. The first-order valence-electron chi connectivity index (χ1n) is 5.99. The number of hydrogen-bond donors (Lipinski definition) is 1. The van der Waals surface area contributed by atoms with Gasteiger partial charge in [-0.25, -0.2) is 19.6 Å². The summed E-state index contributed by atoms with van der Waals surface area (Å²) in [5, 5.41) is 3.61. The van der Waals surface area contributed by atoms with E-state index in [4.69, 9.17) is 0 Å². The van der Waals surface area contributed by atoms with Gasteiger partial charge in [-0.3, -0.25) is 0 Å². The van der Waals surface area contributed by atoms with Gasteiger partial charge in [-0.1, -0.05) is 0 Å². The largest absolute Gasteiger partial charge is 0.466 e. The van der Waals surface area contributed by atoms with Gasteiger partial charge in [-0.15, -0.1) is 0 Å². The minimum atomic E-state index is -0.676. The Labute approximate surface area is 120 Å². The number of nitrogens with zero attached hydrogens (tertiary/aromatic N) is 2. The molecule has 2 aromatic rings. The molecule has 0 radical (unpaired) electrons. The monoisotopic (exact) mass is 287 g/mol. The molecule has 1 aromatic carbocycles. The van der Waals surface area contributed by atoms with E-state index in [9.17, 15) is 9.59 Å². The van der Waals surface area contributed by atoms with E-state index in [1.807, 2.05) is 0 Å². The first kappa shape index (κ1) is 14.4. The van der Waals surface area contributed by atoms with Gasteiger partial charge in [0.1, 0.15) is 12.0 Å². The van der Waals surface area contributed by atoms with Gasteiger partial charge in [0.25, 0.3) is 0 Å². The van der Waals surface area contributed by atoms with Crippen LogP contribution in [0.2, 0.25) is 0 Å². The van der Waals surface area contributed by atoms with Crippen LogP contribution < -0.4 is 5.32 Å². The van der Waals surface area contributed by atoms with Gasteiger partial charge < -0.3 is 14.8 Å². The van der Waals surface area contributed by atoms with Crippen LogP contribution in [0.25, 0.3) is 10.9 Å². The van der Waals surface area contributed by atoms with Crippen molar-refractivity contribution in [3.05, 3.63) is 42.5 Å². The summed E-state index contributed by atoms with van der Waals surface area (Å²) >= 11 is 0. The number of benzene rings is 1. The Morgan fingerprint density at radius 1 is 1.24 bits per heavy atom. The summed E-state index contributed by atoms with van der Waals surface area (Å²) in [6, 6.07) is 5.25. The molecule has 21 heavy (non-hydrogen) atoms. The number of esters is 2. The lowest BCUT2D eigenvalue weighted by atomic mass is 10.2. The number of carbonyl (C=O) groups is 2. The predicted octanol–water partition coefficient (Wildman–Crippen LogP) is 1.27. The number of hydrogen-bond acceptors (Lipinski definition) is 7. The van der Waals surface area contributed by atoms with Gasteiger partial charge in [0, 0.05) is 17.3 Å². The zero-order chi connectivity index (χ0) is 15.2. The van der Waals surface area contributed by atoms with Crippen molar-refractivity contribution in [1.82, 2.24) is 9.97 Å². The predicted molar refractivity (Wildman–Crippen MR) is 75.3 cm³/mol. The van der Waals surface area contributed by atoms with E-state index in [1.54, 1.807) is 24.4 Å². The number of methoxy groups -OCH3 is 2. The SMILES string of the molecule is COC(=O)/C=C(/Nc1ccc2ncncc2c1)C(=O)OC. The highest BCUT2D eigenvalue weighted by molar-refractivity contribution is 5.99. The van der Waals surface area contributed by atoms with Gasteiger partial charge in [-0.05, 0) is 18.2 Å². The van der Waals surface area contributed by atoms with Crippen molar-refractivity contribution >= 4 is 28.5 Å². The lowest BCUT2D eigenvalue weighted by Gasteiger charge is -2.09. The van der Waals surface area contributed by atoms with E-state index < -0.39 is 11.9 Å². The maximum atomic E-state index is 11.6. The van der Waals surface area contributed by atoms with E-state index in [-0.39, 0.29) is 5.70 Å². The second-order valence-electron chi connectivity index (χ2n) is 3.99. The van der Waals surface area contributed by atoms with Crippen LogP contribution >= 0.6 is 0 Å². The molecule has 0 aliphatic heterocycles. The normalized spacial score (nSPS) is 11.0. The van der Waals surface area contributed by atoms with Crippen molar-refractivity contribution in [2.75, 3.05) is 19.5 Å². The molecule has 0 aliphatic rings. The highest BCUT2D eigenvalue weighted by atomic mass is 16.5. The van der Waals surface area contributed by atoms with Crippen LogP contribution in [0.15, 0.2) is 42.5 Å². The Balaban J connectivity index is 2.31. The molecule has 108 valence electrons. The van der Waals surface area contributed by atoms with Gasteiger partial charge in [-0.2, -0.15) is 0 Å². The summed E-state index contributed by atoms with van der Waals surface area (Å²) in [5.74, 6) is -1.34. The molecule has 0 aliphatic carbocycles. The van der Waals surface area contributed by atoms with E-state index in [0.29, 0.717) is 5.69 Å². The fourth-order valence-corrected chi connectivity index (χ4v) is 1.65. The standard InChI is InChI=1S/C14H13N3O4/c1-20-13(18)6-12(14(19)21-2)17-10-3-4-11-9(5-10)7-15-8-16-11/h3-8,17H,1-2H3/b12-6+. The molecule has 0 saturated heterocycles. The van der Waals surface area contributed by atoms with Crippen LogP contribution in [0.5, 0.6) is 0 Å². The van der Waals surface area contributed by atoms with E-state index in [2.05, 4.69) is 24.8 Å². The summed E-state index contributed by atoms with van der Waals surface area (Å²) < 4.78 is 9.12. The molecule has 7 nitrogen and oxygen atoms in total. The Morgan fingerprint density at radius 3 is 2.76 bits per heavy atom. The second-order valence-corrected chi connectivity index (χ2v) is 3.99. The number of aromatic nitrogens is 2. The summed E-state index contributed by atoms with van der Waals surface area (Å²) in [7, 11) is 2.45. The zero-order valence-corrected chi connectivity index (χ0v) is 11.5. The average molecular weight is 287 g/mol. The lowest BCUT2D eigenvalue weighted by Crippen LogP contribution is -2.15. The molecule has 0 amide bonds. The second kappa shape index (κ2) is 6.47. The van der Waals surface area contributed by atoms with Gasteiger partial charge in [0.2, 0.25) is 0 Å². The highest BCUT2D eigenvalue weighted by Gasteiger charge is 2.13. The molecule has 0 fully saturated rings. The molecule has 1 aromatic heterocycles. The lowest BCUT2D eigenvalue weighted by molar-refractivity contribution is -0.138. The van der Waals surface area contributed by atoms with Crippen molar-refractivity contribution < 1.29 is 19.1 Å². The number of ether oxygens (including phenoxy) is 2. The van der Waals surface area contributed by atoms with Crippen LogP contribution in [0.3, 0.4) is 0 Å². The van der Waals surface area contributed by atoms with Gasteiger partial charge in [0.05, 0.1) is 25.8 Å². The van der Waals surface area contributed by atoms with Crippen LogP contribution in [-0.2, 0) is 19.1 Å². The molecule has 2 rings (SSSR count). The van der Waals surface area contributed by atoms with Crippen molar-refractivity contribution in [2.24, 2.45) is 0 Å². The van der Waals surface area contributed by atoms with Crippen molar-refractivity contribution in [2.45, 2.75) is 0 Å². The molecule has 0 atom stereocenters. The fourth-order valence-electron chi connectivity index (χ4n) is 1.65. The Hall–Kier alpha value is -2.96. The van der Waals surface area contributed by atoms with E-state index >= 15 is 0 Å². The summed E-state index contributed by atoms with van der Waals surface area (Å²) in [6.45, 7) is 0. The first-order valence-corrected chi connectivity index (χ1v) is 5.99. The van der Waals surface area contributed by atoms with E-state index in [1.165, 1.54) is 20.5 Å². The summed E-state index contributed by atoms with van der Waals surface area (Å²) in [4.78, 5) is 30.9. The smallest absolute Gasteiger partial charge is 0.354 e. The number of carbonyl (C=O) groups excluding carboxylic acids is 2. The molecule has 0 bridgehead atoms. The van der Waals surface area contributed by atoms with E-state index in [0.717, 1.165) is 17.0 Å². The Kier molecular flexibility index (Phi) is 4.45. The highest BCUT2D eigenvalue weighted by Crippen LogP contribution is 2.18. The molecule has 1 N–H and O–H groups in total. The number of nitrogens with one attached hydrogen (secondary N) is 1. The quantitative estimate of drug-likeness (QED) is 0.669. The van der Waals surface area contributed by atoms with Gasteiger partial charge >= 0.3 is 11.9 Å². The average Bonchev–Trinajstić information content (AvgIpc) is 2.53. The topological polar surface area (TPSA) is 90.4 Å². The van der Waals surface area contributed by atoms with Crippen LogP contribution in [0.1, 0.15) is 0 Å². The molecule has 0 spiro atoms. The van der Waals surface area contributed by atoms with Crippen molar-refractivity contribution in [3.8, 4) is 0 Å². The minimum Gasteiger partial charge on any atom is -0.466 e. The van der Waals surface area contributed by atoms with Crippen LogP contribution in [0, 0.1) is 0 Å². The molecule has 0 saturated carbocycles. The molecule has 1 heterocycles. The molecule has 0 unspecified atom stereocenters. The number of anilines is 1. The third-order valence-electron chi connectivity index (χ3n) is 2.65. The summed E-state index contributed by atoms with van der Waals surface area (Å²) in [6.07, 6.45) is 4.12. The van der Waals surface area contributed by atoms with Crippen molar-refractivity contribution in [3.63, 3.8) is 0 Å². The number of fused-ring (bicyclic) bond motifs is 1. The Morgan fingerprint density at radius 2 is 2.05 bits per heavy atom. The molecular formula is C14H13N3O4. The molecular weight excluding hydrogens is 274 g/mol. The van der Waals surface area contributed by atoms with Gasteiger partial charge in [0.15, 0.2) is 0 Å². The van der Waals surface area contributed by atoms with Crippen molar-refractivity contribution in [1.29, 1.82) is 0 Å². The zero-order valence-electron chi connectivity index (χ0n) is 11.5. The maximum absolute atomic E-state index is 11.6. The minimum absolute atomic E-state index is 0.0273. The third-order valence-corrected chi connectivity index (χ3v) is 2.65.